The van der Waals surface area contributed by atoms with Crippen LogP contribution >= 0.6 is 33.9 Å². The SMILES string of the molecule is NC(CC1CCCc2ccccc21)c1csc(I)c1. The summed E-state index contributed by atoms with van der Waals surface area (Å²) in [6.07, 6.45) is 4.89. The van der Waals surface area contributed by atoms with E-state index in [1.807, 2.05) is 0 Å². The molecule has 3 rings (SSSR count). The molecule has 2 atom stereocenters. The van der Waals surface area contributed by atoms with E-state index in [9.17, 15) is 0 Å². The molecule has 100 valence electrons. The lowest BCUT2D eigenvalue weighted by Gasteiger charge is -2.27. The molecule has 19 heavy (non-hydrogen) atoms. The van der Waals surface area contributed by atoms with Gasteiger partial charge in [-0.15, -0.1) is 11.3 Å². The van der Waals surface area contributed by atoms with Crippen molar-refractivity contribution in [1.29, 1.82) is 0 Å². The number of halogens is 1. The lowest BCUT2D eigenvalue weighted by molar-refractivity contribution is 0.477. The maximum absolute atomic E-state index is 6.40. The molecule has 2 unspecified atom stereocenters. The van der Waals surface area contributed by atoms with E-state index in [1.165, 1.54) is 38.8 Å². The molecule has 1 nitrogen and oxygen atoms in total. The second-order valence-electron chi connectivity index (χ2n) is 5.31. The van der Waals surface area contributed by atoms with Gasteiger partial charge in [0, 0.05) is 6.04 Å². The van der Waals surface area contributed by atoms with E-state index in [0.717, 1.165) is 6.42 Å². The van der Waals surface area contributed by atoms with Crippen molar-refractivity contribution in [3.05, 3.63) is 55.3 Å². The van der Waals surface area contributed by atoms with Crippen LogP contribution in [-0.2, 0) is 6.42 Å². The fraction of sp³-hybridized carbons (Fsp3) is 0.375. The van der Waals surface area contributed by atoms with Crippen LogP contribution in [-0.4, -0.2) is 0 Å². The van der Waals surface area contributed by atoms with Crippen LogP contribution < -0.4 is 5.73 Å². The third-order valence-corrected chi connectivity index (χ3v) is 5.86. The first-order valence-electron chi connectivity index (χ1n) is 6.81. The number of benzene rings is 1. The third-order valence-electron chi connectivity index (χ3n) is 4.05. The van der Waals surface area contributed by atoms with Gasteiger partial charge < -0.3 is 5.73 Å². The van der Waals surface area contributed by atoms with Crippen LogP contribution in [0.15, 0.2) is 35.7 Å². The summed E-state index contributed by atoms with van der Waals surface area (Å²) in [6.45, 7) is 0. The summed E-state index contributed by atoms with van der Waals surface area (Å²) in [7, 11) is 0. The molecule has 2 aromatic rings. The first-order chi connectivity index (χ1) is 9.24. The van der Waals surface area contributed by atoms with Crippen molar-refractivity contribution >= 4 is 33.9 Å². The van der Waals surface area contributed by atoms with Crippen LogP contribution in [0, 0.1) is 2.88 Å². The Morgan fingerprint density at radius 3 is 3.00 bits per heavy atom. The number of hydrogen-bond donors (Lipinski definition) is 1. The predicted molar refractivity (Wildman–Crippen MR) is 90.7 cm³/mol. The topological polar surface area (TPSA) is 26.0 Å². The largest absolute Gasteiger partial charge is 0.324 e. The van der Waals surface area contributed by atoms with E-state index in [-0.39, 0.29) is 6.04 Å². The summed E-state index contributed by atoms with van der Waals surface area (Å²) < 4.78 is 1.33. The predicted octanol–water partition coefficient (Wildman–Crippen LogP) is 4.86. The maximum Gasteiger partial charge on any atom is 0.0656 e. The summed E-state index contributed by atoms with van der Waals surface area (Å²) in [5, 5.41) is 2.21. The van der Waals surface area contributed by atoms with E-state index >= 15 is 0 Å². The molecule has 1 aliphatic rings. The molecule has 1 aromatic heterocycles. The van der Waals surface area contributed by atoms with Gasteiger partial charge in [-0.3, -0.25) is 0 Å². The monoisotopic (exact) mass is 383 g/mol. The summed E-state index contributed by atoms with van der Waals surface area (Å²) >= 11 is 4.16. The standard InChI is InChI=1S/C16H18INS/c17-16-9-13(10-19-16)15(18)8-12-6-3-5-11-4-1-2-7-14(11)12/h1-2,4,7,9-10,12,15H,3,5-6,8,18H2. The molecular weight excluding hydrogens is 365 g/mol. The van der Waals surface area contributed by atoms with Crippen LogP contribution in [0.2, 0.25) is 0 Å². The number of nitrogens with two attached hydrogens (primary N) is 1. The van der Waals surface area contributed by atoms with Gasteiger partial charge in [0.25, 0.3) is 0 Å². The minimum atomic E-state index is 0.177. The third kappa shape index (κ3) is 3.03. The Bertz CT molecular complexity index is 563. The Morgan fingerprint density at radius 2 is 2.21 bits per heavy atom. The van der Waals surface area contributed by atoms with E-state index < -0.39 is 0 Å². The Morgan fingerprint density at radius 1 is 1.37 bits per heavy atom. The highest BCUT2D eigenvalue weighted by Gasteiger charge is 2.22. The number of hydrogen-bond acceptors (Lipinski definition) is 2. The minimum Gasteiger partial charge on any atom is -0.324 e. The van der Waals surface area contributed by atoms with Gasteiger partial charge in [0.1, 0.15) is 0 Å². The Labute approximate surface area is 132 Å². The smallest absolute Gasteiger partial charge is 0.0656 e. The number of fused-ring (bicyclic) bond motifs is 1. The number of thiophene rings is 1. The van der Waals surface area contributed by atoms with E-state index in [4.69, 9.17) is 5.73 Å². The lowest BCUT2D eigenvalue weighted by atomic mass is 9.79. The fourth-order valence-corrected chi connectivity index (χ4v) is 4.50. The first-order valence-corrected chi connectivity index (χ1v) is 8.77. The van der Waals surface area contributed by atoms with E-state index in [2.05, 4.69) is 58.3 Å². The highest BCUT2D eigenvalue weighted by Crippen LogP contribution is 2.37. The van der Waals surface area contributed by atoms with Gasteiger partial charge in [0.2, 0.25) is 0 Å². The second-order valence-corrected chi connectivity index (χ2v) is 8.12. The second kappa shape index (κ2) is 5.94. The normalized spacial score (nSPS) is 20.0. The summed E-state index contributed by atoms with van der Waals surface area (Å²) in [4.78, 5) is 0. The Kier molecular flexibility index (Phi) is 4.24. The Balaban J connectivity index is 1.77. The first kappa shape index (κ1) is 13.6. The van der Waals surface area contributed by atoms with Crippen molar-refractivity contribution in [1.82, 2.24) is 0 Å². The minimum absolute atomic E-state index is 0.177. The van der Waals surface area contributed by atoms with Gasteiger partial charge in [-0.25, -0.2) is 0 Å². The molecule has 0 aliphatic heterocycles. The quantitative estimate of drug-likeness (QED) is 0.753. The average Bonchev–Trinajstić information content (AvgIpc) is 2.86. The molecule has 1 aliphatic carbocycles. The lowest BCUT2D eigenvalue weighted by Crippen LogP contribution is -2.17. The van der Waals surface area contributed by atoms with Crippen molar-refractivity contribution < 1.29 is 0 Å². The van der Waals surface area contributed by atoms with Gasteiger partial charge in [-0.05, 0) is 82.3 Å². The summed E-state index contributed by atoms with van der Waals surface area (Å²) in [5.41, 5.74) is 10.8. The molecule has 2 N–H and O–H groups in total. The zero-order valence-electron chi connectivity index (χ0n) is 10.8. The van der Waals surface area contributed by atoms with Crippen molar-refractivity contribution in [3.8, 4) is 0 Å². The van der Waals surface area contributed by atoms with Gasteiger partial charge in [0.05, 0.1) is 2.88 Å². The molecule has 1 heterocycles. The highest BCUT2D eigenvalue weighted by atomic mass is 127. The molecule has 1 aromatic carbocycles. The molecule has 3 heteroatoms. The van der Waals surface area contributed by atoms with Crippen LogP contribution in [0.5, 0.6) is 0 Å². The van der Waals surface area contributed by atoms with Gasteiger partial charge in [-0.2, -0.15) is 0 Å². The molecule has 0 saturated heterocycles. The van der Waals surface area contributed by atoms with Gasteiger partial charge in [-0.1, -0.05) is 24.3 Å². The molecule has 0 fully saturated rings. The number of aryl methyl sites for hydroxylation is 1. The van der Waals surface area contributed by atoms with Gasteiger partial charge >= 0.3 is 0 Å². The van der Waals surface area contributed by atoms with E-state index in [0.29, 0.717) is 5.92 Å². The maximum atomic E-state index is 6.40. The Hall–Kier alpha value is -0.390. The molecular formula is C16H18INS. The molecule has 0 bridgehead atoms. The zero-order valence-corrected chi connectivity index (χ0v) is 13.8. The molecule has 0 amide bonds. The highest BCUT2D eigenvalue weighted by molar-refractivity contribution is 14.1. The van der Waals surface area contributed by atoms with Crippen LogP contribution in [0.4, 0.5) is 0 Å². The molecule has 0 saturated carbocycles. The fourth-order valence-electron chi connectivity index (χ4n) is 3.06. The zero-order chi connectivity index (χ0) is 13.2. The molecule has 0 radical (unpaired) electrons. The van der Waals surface area contributed by atoms with Crippen molar-refractivity contribution in [2.24, 2.45) is 5.73 Å². The number of rotatable bonds is 3. The van der Waals surface area contributed by atoms with E-state index in [1.54, 1.807) is 11.3 Å². The van der Waals surface area contributed by atoms with Crippen molar-refractivity contribution in [3.63, 3.8) is 0 Å². The summed E-state index contributed by atoms with van der Waals surface area (Å²) in [6, 6.07) is 11.3. The van der Waals surface area contributed by atoms with Crippen LogP contribution in [0.25, 0.3) is 0 Å². The van der Waals surface area contributed by atoms with Gasteiger partial charge in [0.15, 0.2) is 0 Å². The average molecular weight is 383 g/mol. The van der Waals surface area contributed by atoms with Crippen LogP contribution in [0.3, 0.4) is 0 Å². The molecule has 0 spiro atoms. The van der Waals surface area contributed by atoms with Crippen molar-refractivity contribution in [2.75, 3.05) is 0 Å². The van der Waals surface area contributed by atoms with Crippen molar-refractivity contribution in [2.45, 2.75) is 37.6 Å². The van der Waals surface area contributed by atoms with Crippen LogP contribution in [0.1, 0.15) is 47.9 Å². The summed E-state index contributed by atoms with van der Waals surface area (Å²) in [5.74, 6) is 0.637.